The second-order valence-corrected chi connectivity index (χ2v) is 14.0. The molecule has 234 valence electrons. The van der Waals surface area contributed by atoms with Crippen molar-refractivity contribution in [2.75, 3.05) is 37.3 Å². The SMILES string of the molecule is COc1cc(C(=O)N2CC[C@H]3CCNC[C@H]32)cc2nc(-c3cc4ccc(N(C(F)F)S(C)(=O)=O)nc4n3CC3CC3)c(C)n12. The van der Waals surface area contributed by atoms with E-state index in [4.69, 9.17) is 9.72 Å². The van der Waals surface area contributed by atoms with Crippen molar-refractivity contribution < 1.29 is 26.7 Å². The Hall–Kier alpha value is -3.78. The highest BCUT2D eigenvalue weighted by atomic mass is 32.2. The number of halogens is 2. The number of methoxy groups -OCH3 is 1. The van der Waals surface area contributed by atoms with Gasteiger partial charge in [-0.15, -0.1) is 0 Å². The van der Waals surface area contributed by atoms with Gasteiger partial charge in [0, 0.05) is 42.7 Å². The van der Waals surface area contributed by atoms with E-state index in [1.807, 2.05) is 26.9 Å². The Labute approximate surface area is 253 Å². The van der Waals surface area contributed by atoms with Crippen LogP contribution in [0.15, 0.2) is 30.3 Å². The van der Waals surface area contributed by atoms with Crippen LogP contribution in [0.5, 0.6) is 5.88 Å². The molecule has 0 unspecified atom stereocenters. The lowest BCUT2D eigenvalue weighted by Gasteiger charge is -2.32. The van der Waals surface area contributed by atoms with Crippen molar-refractivity contribution in [2.45, 2.75) is 51.7 Å². The van der Waals surface area contributed by atoms with Crippen LogP contribution in [0, 0.1) is 18.8 Å². The van der Waals surface area contributed by atoms with E-state index in [1.165, 1.54) is 6.07 Å². The van der Waals surface area contributed by atoms with Gasteiger partial charge in [-0.1, -0.05) is 0 Å². The Balaban J connectivity index is 1.33. The summed E-state index contributed by atoms with van der Waals surface area (Å²) in [5, 5.41) is 4.09. The number of hydrogen-bond donors (Lipinski definition) is 1. The molecule has 2 saturated heterocycles. The molecule has 1 N–H and O–H groups in total. The molecule has 3 fully saturated rings. The van der Waals surface area contributed by atoms with Crippen LogP contribution in [0.25, 0.3) is 28.1 Å². The number of anilines is 1. The fraction of sp³-hybridized carbons (Fsp3) is 0.500. The molecule has 2 atom stereocenters. The van der Waals surface area contributed by atoms with Crippen molar-refractivity contribution in [1.29, 1.82) is 0 Å². The standard InChI is InChI=1S/C30H35F2N7O4S/c1-17-27(22-12-20-6-7-24(39(30(31)32)44(3,41)42)35-28(20)37(22)16-18-4-5-18)34-25-13-21(14-26(43-2)38(17)25)29(40)36-11-9-19-8-10-33-15-23(19)36/h6-7,12-14,18-19,23,30,33H,4-5,8-11,15-16H2,1-3H3/t19-,23-/m1/s1. The predicted octanol–water partition coefficient (Wildman–Crippen LogP) is 3.89. The Kier molecular flexibility index (Phi) is 7.03. The average Bonchev–Trinajstić information content (AvgIpc) is 3.45. The van der Waals surface area contributed by atoms with Gasteiger partial charge in [-0.3, -0.25) is 9.20 Å². The maximum atomic E-state index is 13.8. The molecular weight excluding hydrogens is 592 g/mol. The number of alkyl halides is 2. The molecule has 0 bridgehead atoms. The quantitative estimate of drug-likeness (QED) is 0.295. The summed E-state index contributed by atoms with van der Waals surface area (Å²) in [6, 6.07) is 8.53. The number of sulfonamides is 1. The van der Waals surface area contributed by atoms with Crippen molar-refractivity contribution in [3.05, 3.63) is 41.6 Å². The summed E-state index contributed by atoms with van der Waals surface area (Å²) in [6.45, 7) is 1.73. The van der Waals surface area contributed by atoms with E-state index in [0.29, 0.717) is 52.2 Å². The lowest BCUT2D eigenvalue weighted by molar-refractivity contribution is 0.0702. The molecule has 7 rings (SSSR count). The maximum absolute atomic E-state index is 13.8. The molecule has 44 heavy (non-hydrogen) atoms. The molecule has 0 aromatic carbocycles. The Bertz CT molecular complexity index is 1890. The fourth-order valence-electron chi connectivity index (χ4n) is 6.87. The number of imidazole rings is 1. The Morgan fingerprint density at radius 3 is 2.66 bits per heavy atom. The lowest BCUT2D eigenvalue weighted by atomic mass is 9.93. The largest absolute Gasteiger partial charge is 0.482 e. The van der Waals surface area contributed by atoms with Crippen LogP contribution in [-0.2, 0) is 16.6 Å². The molecule has 6 heterocycles. The first-order chi connectivity index (χ1) is 21.0. The molecule has 14 heteroatoms. The number of rotatable bonds is 8. The fourth-order valence-corrected chi connectivity index (χ4v) is 7.60. The molecule has 11 nitrogen and oxygen atoms in total. The summed E-state index contributed by atoms with van der Waals surface area (Å²) >= 11 is 0. The summed E-state index contributed by atoms with van der Waals surface area (Å²) in [5.74, 6) is 0.999. The minimum atomic E-state index is -4.26. The van der Waals surface area contributed by atoms with E-state index >= 15 is 0 Å². The van der Waals surface area contributed by atoms with E-state index in [1.54, 1.807) is 25.3 Å². The van der Waals surface area contributed by atoms with Gasteiger partial charge in [0.05, 0.1) is 24.8 Å². The third-order valence-corrected chi connectivity index (χ3v) is 10.3. The highest BCUT2D eigenvalue weighted by Crippen LogP contribution is 2.38. The molecule has 4 aromatic rings. The van der Waals surface area contributed by atoms with Gasteiger partial charge < -0.3 is 19.5 Å². The third kappa shape index (κ3) is 4.87. The van der Waals surface area contributed by atoms with E-state index in [9.17, 15) is 22.0 Å². The van der Waals surface area contributed by atoms with E-state index in [2.05, 4.69) is 10.3 Å². The van der Waals surface area contributed by atoms with E-state index in [-0.39, 0.29) is 22.1 Å². The number of pyridine rings is 2. The zero-order valence-electron chi connectivity index (χ0n) is 24.8. The molecule has 1 saturated carbocycles. The van der Waals surface area contributed by atoms with Crippen LogP contribution in [0.2, 0.25) is 0 Å². The van der Waals surface area contributed by atoms with Gasteiger partial charge in [-0.2, -0.15) is 13.1 Å². The van der Waals surface area contributed by atoms with E-state index in [0.717, 1.165) is 63.0 Å². The van der Waals surface area contributed by atoms with Crippen LogP contribution < -0.4 is 14.4 Å². The van der Waals surface area contributed by atoms with Crippen molar-refractivity contribution in [1.82, 2.24) is 29.2 Å². The monoisotopic (exact) mass is 627 g/mol. The number of aromatic nitrogens is 4. The molecule has 3 aliphatic rings. The molecule has 1 amide bonds. The zero-order chi connectivity index (χ0) is 30.9. The first-order valence-electron chi connectivity index (χ1n) is 14.9. The third-order valence-electron chi connectivity index (χ3n) is 9.24. The van der Waals surface area contributed by atoms with E-state index < -0.39 is 16.6 Å². The van der Waals surface area contributed by atoms with Gasteiger partial charge >= 0.3 is 6.55 Å². The van der Waals surface area contributed by atoms with Gasteiger partial charge in [-0.05, 0) is 75.3 Å². The topological polar surface area (TPSA) is 114 Å². The number of piperidine rings is 1. The van der Waals surface area contributed by atoms with Crippen molar-refractivity contribution >= 4 is 38.4 Å². The van der Waals surface area contributed by atoms with Gasteiger partial charge in [-0.25, -0.2) is 18.4 Å². The molecule has 0 radical (unpaired) electrons. The average molecular weight is 628 g/mol. The molecule has 0 spiro atoms. The summed E-state index contributed by atoms with van der Waals surface area (Å²) in [5.41, 5.74) is 3.61. The molecule has 4 aromatic heterocycles. The van der Waals surface area contributed by atoms with Gasteiger partial charge in [0.15, 0.2) is 5.88 Å². The van der Waals surface area contributed by atoms with Crippen LogP contribution >= 0.6 is 0 Å². The molecule has 2 aliphatic heterocycles. The van der Waals surface area contributed by atoms with Crippen LogP contribution in [-0.4, -0.2) is 83.8 Å². The number of nitrogens with zero attached hydrogens (tertiary/aromatic N) is 6. The number of amides is 1. The Morgan fingerprint density at radius 1 is 1.16 bits per heavy atom. The predicted molar refractivity (Wildman–Crippen MR) is 162 cm³/mol. The van der Waals surface area contributed by atoms with Gasteiger partial charge in [0.25, 0.3) is 5.91 Å². The first-order valence-corrected chi connectivity index (χ1v) is 16.8. The summed E-state index contributed by atoms with van der Waals surface area (Å²) in [6.07, 6.45) is 4.87. The second-order valence-electron chi connectivity index (χ2n) is 12.1. The second kappa shape index (κ2) is 10.7. The number of likely N-dealkylation sites (tertiary alicyclic amines) is 1. The van der Waals surface area contributed by atoms with Gasteiger partial charge in [0.1, 0.15) is 22.8 Å². The van der Waals surface area contributed by atoms with Gasteiger partial charge in [0.2, 0.25) is 10.0 Å². The lowest BCUT2D eigenvalue weighted by Crippen LogP contribution is -2.48. The number of carbonyl (C=O) groups is 1. The number of nitrogens with one attached hydrogen (secondary N) is 1. The van der Waals surface area contributed by atoms with Crippen molar-refractivity contribution in [3.8, 4) is 17.3 Å². The zero-order valence-corrected chi connectivity index (χ0v) is 25.6. The van der Waals surface area contributed by atoms with Crippen molar-refractivity contribution in [3.63, 3.8) is 0 Å². The summed E-state index contributed by atoms with van der Waals surface area (Å²) < 4.78 is 61.6. The number of ether oxygens (including phenoxy) is 1. The van der Waals surface area contributed by atoms with Crippen molar-refractivity contribution in [2.24, 2.45) is 11.8 Å². The number of hydrogen-bond acceptors (Lipinski definition) is 7. The van der Waals surface area contributed by atoms with Crippen LogP contribution in [0.1, 0.15) is 41.7 Å². The minimum absolute atomic E-state index is 0.0338. The number of fused-ring (bicyclic) bond motifs is 3. The van der Waals surface area contributed by atoms with Crippen LogP contribution in [0.4, 0.5) is 14.6 Å². The molecular formula is C30H35F2N7O4S. The first kappa shape index (κ1) is 29.0. The normalized spacial score (nSPS) is 20.5. The number of aryl methyl sites for hydroxylation is 1. The molecule has 1 aliphatic carbocycles. The van der Waals surface area contributed by atoms with Crippen LogP contribution in [0.3, 0.4) is 0 Å². The highest BCUT2D eigenvalue weighted by Gasteiger charge is 2.39. The number of carbonyl (C=O) groups excluding carboxylic acids is 1. The maximum Gasteiger partial charge on any atom is 0.329 e. The smallest absolute Gasteiger partial charge is 0.329 e. The summed E-state index contributed by atoms with van der Waals surface area (Å²) in [4.78, 5) is 25.2. The minimum Gasteiger partial charge on any atom is -0.482 e. The Morgan fingerprint density at radius 2 is 1.95 bits per heavy atom. The summed E-state index contributed by atoms with van der Waals surface area (Å²) in [7, 11) is -2.70. The highest BCUT2D eigenvalue weighted by molar-refractivity contribution is 7.92.